The lowest BCUT2D eigenvalue weighted by atomic mass is 10.2. The number of benzene rings is 1. The summed E-state index contributed by atoms with van der Waals surface area (Å²) in [6.07, 6.45) is 2.29. The van der Waals surface area contributed by atoms with E-state index in [2.05, 4.69) is 4.98 Å². The van der Waals surface area contributed by atoms with Gasteiger partial charge in [0.25, 0.3) is 10.0 Å². The molecule has 0 aliphatic heterocycles. The molecule has 1 N–H and O–H groups in total. The molecule has 1 heterocycles. The number of anilines is 1. The maximum Gasteiger partial charge on any atom is 0.305 e. The second-order valence-corrected chi connectivity index (χ2v) is 6.98. The molecule has 24 heavy (non-hydrogen) atoms. The van der Waals surface area contributed by atoms with Crippen molar-refractivity contribution in [2.45, 2.75) is 18.2 Å². The molecular formula is C16H18N2O5S. The number of carboxylic acids is 1. The monoisotopic (exact) mass is 350 g/mol. The lowest BCUT2D eigenvalue weighted by Crippen LogP contribution is -2.33. The topological polar surface area (TPSA) is 96.8 Å². The Morgan fingerprint density at radius 2 is 1.92 bits per heavy atom. The van der Waals surface area contributed by atoms with Gasteiger partial charge < -0.3 is 9.84 Å². The van der Waals surface area contributed by atoms with E-state index >= 15 is 0 Å². The Hall–Kier alpha value is -2.61. The van der Waals surface area contributed by atoms with Gasteiger partial charge >= 0.3 is 5.97 Å². The van der Waals surface area contributed by atoms with Gasteiger partial charge in [0.1, 0.15) is 10.6 Å². The first kappa shape index (κ1) is 17.7. The Morgan fingerprint density at radius 3 is 2.50 bits per heavy atom. The fraction of sp³-hybridized carbons (Fsp3) is 0.250. The van der Waals surface area contributed by atoms with Gasteiger partial charge in [0.15, 0.2) is 0 Å². The number of hydrogen-bond acceptors (Lipinski definition) is 5. The van der Waals surface area contributed by atoms with Gasteiger partial charge in [-0.05, 0) is 19.1 Å². The van der Waals surface area contributed by atoms with Crippen molar-refractivity contribution in [1.29, 1.82) is 0 Å². The third kappa shape index (κ3) is 4.02. The molecule has 0 bridgehead atoms. The molecule has 0 saturated carbocycles. The van der Waals surface area contributed by atoms with Crippen molar-refractivity contribution in [3.05, 3.63) is 48.3 Å². The molecule has 0 unspecified atom stereocenters. The summed E-state index contributed by atoms with van der Waals surface area (Å²) >= 11 is 0. The number of carboxylic acid groups (broad SMARTS) is 1. The number of pyridine rings is 1. The number of rotatable bonds is 7. The molecule has 128 valence electrons. The number of aromatic nitrogens is 1. The molecule has 2 aromatic rings. The largest absolute Gasteiger partial charge is 0.495 e. The van der Waals surface area contributed by atoms with Crippen LogP contribution in [0, 0.1) is 6.92 Å². The quantitative estimate of drug-likeness (QED) is 0.821. The number of hydrogen-bond donors (Lipinski definition) is 1. The number of aliphatic carboxylic acids is 1. The van der Waals surface area contributed by atoms with Crippen LogP contribution in [0.3, 0.4) is 0 Å². The summed E-state index contributed by atoms with van der Waals surface area (Å²) < 4.78 is 31.9. The lowest BCUT2D eigenvalue weighted by Gasteiger charge is -2.24. The molecule has 0 radical (unpaired) electrons. The summed E-state index contributed by atoms with van der Waals surface area (Å²) in [6, 6.07) is 8.17. The number of ether oxygens (including phenoxy) is 1. The van der Waals surface area contributed by atoms with E-state index in [9.17, 15) is 13.2 Å². The van der Waals surface area contributed by atoms with E-state index in [-0.39, 0.29) is 17.9 Å². The Kier molecular flexibility index (Phi) is 5.40. The first-order valence-corrected chi connectivity index (χ1v) is 8.59. The third-order valence-electron chi connectivity index (χ3n) is 3.36. The Morgan fingerprint density at radius 1 is 1.25 bits per heavy atom. The summed E-state index contributed by atoms with van der Waals surface area (Å²) in [5.74, 6) is -0.774. The predicted molar refractivity (Wildman–Crippen MR) is 88.8 cm³/mol. The molecule has 8 heteroatoms. The van der Waals surface area contributed by atoms with Crippen LogP contribution in [0.5, 0.6) is 5.75 Å². The zero-order chi connectivity index (χ0) is 17.7. The van der Waals surface area contributed by atoms with E-state index in [1.807, 2.05) is 6.92 Å². The minimum atomic E-state index is -3.97. The highest BCUT2D eigenvalue weighted by molar-refractivity contribution is 7.92. The van der Waals surface area contributed by atoms with Gasteiger partial charge in [0.2, 0.25) is 0 Å². The fourth-order valence-corrected chi connectivity index (χ4v) is 3.52. The third-order valence-corrected chi connectivity index (χ3v) is 5.16. The summed E-state index contributed by atoms with van der Waals surface area (Å²) in [5, 5.41) is 8.92. The maximum absolute atomic E-state index is 12.9. The molecule has 0 aliphatic rings. The van der Waals surface area contributed by atoms with Gasteiger partial charge in [-0.15, -0.1) is 0 Å². The Labute approximate surface area is 140 Å². The Balaban J connectivity index is 2.47. The van der Waals surface area contributed by atoms with Crippen LogP contribution < -0.4 is 9.04 Å². The van der Waals surface area contributed by atoms with Gasteiger partial charge in [-0.3, -0.25) is 14.1 Å². The number of aryl methyl sites for hydroxylation is 1. The van der Waals surface area contributed by atoms with E-state index in [4.69, 9.17) is 9.84 Å². The van der Waals surface area contributed by atoms with Crippen LogP contribution >= 0.6 is 0 Å². The van der Waals surface area contributed by atoms with Gasteiger partial charge in [0.05, 0.1) is 25.4 Å². The molecule has 1 aromatic heterocycles. The molecule has 0 amide bonds. The van der Waals surface area contributed by atoms with Crippen molar-refractivity contribution < 1.29 is 23.1 Å². The zero-order valence-corrected chi connectivity index (χ0v) is 14.2. The van der Waals surface area contributed by atoms with Crippen LogP contribution in [0.2, 0.25) is 0 Å². The molecule has 0 spiro atoms. The molecule has 7 nitrogen and oxygen atoms in total. The van der Waals surface area contributed by atoms with Crippen LogP contribution in [0.1, 0.15) is 12.0 Å². The summed E-state index contributed by atoms with van der Waals surface area (Å²) in [4.78, 5) is 14.7. The van der Waals surface area contributed by atoms with E-state index in [0.717, 1.165) is 9.87 Å². The first-order chi connectivity index (χ1) is 11.3. The molecule has 0 atom stereocenters. The standard InChI is InChI=1S/C16H18N2O5S/c1-12-3-5-13(6-4-12)18(8-7-16(19)20)24(21,22)15-9-14(23-2)10-17-11-15/h3-6,9-11H,7-8H2,1-2H3,(H,19,20). The Bertz CT molecular complexity index is 819. The van der Waals surface area contributed by atoms with Crippen LogP contribution in [0.4, 0.5) is 5.69 Å². The second kappa shape index (κ2) is 7.31. The second-order valence-electron chi connectivity index (χ2n) is 5.12. The van der Waals surface area contributed by atoms with Crippen molar-refractivity contribution >= 4 is 21.7 Å². The SMILES string of the molecule is COc1cncc(S(=O)(=O)N(CCC(=O)O)c2ccc(C)cc2)c1. The summed E-state index contributed by atoms with van der Waals surface area (Å²) in [6.45, 7) is 1.70. The molecule has 0 saturated heterocycles. The average Bonchev–Trinajstić information content (AvgIpc) is 2.56. The van der Waals surface area contributed by atoms with Crippen LogP contribution in [-0.4, -0.2) is 38.1 Å². The first-order valence-electron chi connectivity index (χ1n) is 7.15. The maximum atomic E-state index is 12.9. The predicted octanol–water partition coefficient (Wildman–Crippen LogP) is 2.07. The molecule has 2 rings (SSSR count). The van der Waals surface area contributed by atoms with E-state index in [0.29, 0.717) is 11.4 Å². The molecule has 1 aromatic carbocycles. The van der Waals surface area contributed by atoms with Crippen LogP contribution in [-0.2, 0) is 14.8 Å². The molecule has 0 aliphatic carbocycles. The number of sulfonamides is 1. The minimum absolute atomic E-state index is 0.0622. The van der Waals surface area contributed by atoms with Crippen molar-refractivity contribution in [1.82, 2.24) is 4.98 Å². The van der Waals surface area contributed by atoms with Crippen LogP contribution in [0.25, 0.3) is 0 Å². The highest BCUT2D eigenvalue weighted by Crippen LogP contribution is 2.25. The van der Waals surface area contributed by atoms with Crippen molar-refractivity contribution in [3.63, 3.8) is 0 Å². The minimum Gasteiger partial charge on any atom is -0.495 e. The van der Waals surface area contributed by atoms with Crippen molar-refractivity contribution in [2.75, 3.05) is 18.0 Å². The van der Waals surface area contributed by atoms with Gasteiger partial charge in [-0.2, -0.15) is 0 Å². The van der Waals surface area contributed by atoms with Gasteiger partial charge in [0, 0.05) is 18.8 Å². The number of carbonyl (C=O) groups is 1. The molecule has 0 fully saturated rings. The fourth-order valence-electron chi connectivity index (χ4n) is 2.08. The average molecular weight is 350 g/mol. The van der Waals surface area contributed by atoms with Crippen molar-refractivity contribution in [3.8, 4) is 5.75 Å². The smallest absolute Gasteiger partial charge is 0.305 e. The van der Waals surface area contributed by atoms with Crippen molar-refractivity contribution in [2.24, 2.45) is 0 Å². The highest BCUT2D eigenvalue weighted by Gasteiger charge is 2.26. The van der Waals surface area contributed by atoms with E-state index < -0.39 is 16.0 Å². The van der Waals surface area contributed by atoms with Gasteiger partial charge in [-0.1, -0.05) is 17.7 Å². The normalized spacial score (nSPS) is 11.1. The summed E-state index contributed by atoms with van der Waals surface area (Å²) in [5.41, 5.74) is 1.36. The van der Waals surface area contributed by atoms with E-state index in [1.165, 1.54) is 25.6 Å². The number of methoxy groups -OCH3 is 1. The molecular weight excluding hydrogens is 332 g/mol. The summed E-state index contributed by atoms with van der Waals surface area (Å²) in [7, 11) is -2.56. The van der Waals surface area contributed by atoms with Gasteiger partial charge in [-0.25, -0.2) is 8.42 Å². The number of nitrogens with zero attached hydrogens (tertiary/aromatic N) is 2. The lowest BCUT2D eigenvalue weighted by molar-refractivity contribution is -0.136. The highest BCUT2D eigenvalue weighted by atomic mass is 32.2. The van der Waals surface area contributed by atoms with E-state index in [1.54, 1.807) is 24.3 Å². The van der Waals surface area contributed by atoms with Crippen LogP contribution in [0.15, 0.2) is 47.6 Å². The zero-order valence-electron chi connectivity index (χ0n) is 13.3.